The first-order valence-electron chi connectivity index (χ1n) is 8.38. The standard InChI is InChI=1S/C20H32O3Si/c1-13-11-14(2)16(15(3)12-13)17(19(21)22-7)18(20(4,5)6)23-24(8,9)10/h11-12H,1-10H3/b18-17+. The van der Waals surface area contributed by atoms with Crippen molar-refractivity contribution in [1.82, 2.24) is 0 Å². The summed E-state index contributed by atoms with van der Waals surface area (Å²) in [5.41, 5.74) is 4.50. The molecule has 0 saturated carbocycles. The molecule has 0 heterocycles. The monoisotopic (exact) mass is 348 g/mol. The highest BCUT2D eigenvalue weighted by Gasteiger charge is 2.33. The molecule has 0 fully saturated rings. The zero-order valence-corrected chi connectivity index (χ0v) is 17.9. The second-order valence-corrected chi connectivity index (χ2v) is 12.9. The van der Waals surface area contributed by atoms with Gasteiger partial charge in [0.25, 0.3) is 0 Å². The Kier molecular flexibility index (Phi) is 6.09. The molecule has 0 N–H and O–H groups in total. The van der Waals surface area contributed by atoms with Gasteiger partial charge in [0.2, 0.25) is 8.32 Å². The Hall–Kier alpha value is -1.55. The predicted molar refractivity (Wildman–Crippen MR) is 103 cm³/mol. The van der Waals surface area contributed by atoms with E-state index in [1.807, 2.05) is 13.8 Å². The van der Waals surface area contributed by atoms with E-state index in [0.717, 1.165) is 22.4 Å². The van der Waals surface area contributed by atoms with Gasteiger partial charge in [-0.1, -0.05) is 38.5 Å². The highest BCUT2D eigenvalue weighted by molar-refractivity contribution is 6.70. The Labute approximate surface area is 148 Å². The SMILES string of the molecule is COC(=O)/C(=C(/O[Si](C)(C)C)C(C)(C)C)c1c(C)cc(C)cc1C. The smallest absolute Gasteiger partial charge is 0.341 e. The van der Waals surface area contributed by atoms with Crippen molar-refractivity contribution in [3.05, 3.63) is 40.1 Å². The summed E-state index contributed by atoms with van der Waals surface area (Å²) in [7, 11) is -0.469. The third kappa shape index (κ3) is 4.97. The number of hydrogen-bond donors (Lipinski definition) is 0. The lowest BCUT2D eigenvalue weighted by Gasteiger charge is -2.33. The summed E-state index contributed by atoms with van der Waals surface area (Å²) in [6.45, 7) is 18.7. The van der Waals surface area contributed by atoms with Crippen LogP contribution >= 0.6 is 0 Å². The van der Waals surface area contributed by atoms with E-state index in [-0.39, 0.29) is 11.4 Å². The minimum atomic E-state index is -1.90. The molecule has 0 amide bonds. The fourth-order valence-corrected chi connectivity index (χ4v) is 3.89. The van der Waals surface area contributed by atoms with Crippen LogP contribution in [-0.4, -0.2) is 21.4 Å². The summed E-state index contributed by atoms with van der Waals surface area (Å²) in [5.74, 6) is 0.386. The topological polar surface area (TPSA) is 35.5 Å². The van der Waals surface area contributed by atoms with Gasteiger partial charge >= 0.3 is 5.97 Å². The number of hydrogen-bond acceptors (Lipinski definition) is 3. The van der Waals surface area contributed by atoms with Crippen LogP contribution < -0.4 is 0 Å². The minimum absolute atomic E-state index is 0.298. The maximum atomic E-state index is 12.7. The number of carbonyl (C=O) groups excluding carboxylic acids is 1. The van der Waals surface area contributed by atoms with E-state index in [0.29, 0.717) is 5.57 Å². The summed E-state index contributed by atoms with van der Waals surface area (Å²) < 4.78 is 11.5. The minimum Gasteiger partial charge on any atom is -0.546 e. The van der Waals surface area contributed by atoms with Crippen molar-refractivity contribution in [2.45, 2.75) is 61.2 Å². The molecule has 0 aliphatic rings. The molecule has 4 heteroatoms. The molecule has 134 valence electrons. The van der Waals surface area contributed by atoms with Crippen LogP contribution in [0.1, 0.15) is 43.0 Å². The summed E-state index contributed by atoms with van der Waals surface area (Å²) >= 11 is 0. The van der Waals surface area contributed by atoms with Crippen LogP contribution in [0.5, 0.6) is 0 Å². The molecule has 0 unspecified atom stereocenters. The molecule has 0 aliphatic carbocycles. The molecule has 24 heavy (non-hydrogen) atoms. The third-order valence-electron chi connectivity index (χ3n) is 3.63. The Morgan fingerprint density at radius 1 is 1.00 bits per heavy atom. The summed E-state index contributed by atoms with van der Waals surface area (Å²) in [5, 5.41) is 0. The van der Waals surface area contributed by atoms with E-state index in [1.54, 1.807) is 0 Å². The third-order valence-corrected chi connectivity index (χ3v) is 4.45. The molecular weight excluding hydrogens is 316 g/mol. The maximum Gasteiger partial charge on any atom is 0.341 e. The number of aryl methyl sites for hydroxylation is 3. The second kappa shape index (κ2) is 7.14. The summed E-state index contributed by atoms with van der Waals surface area (Å²) in [6, 6.07) is 4.19. The Balaban J connectivity index is 3.86. The van der Waals surface area contributed by atoms with Crippen molar-refractivity contribution < 1.29 is 14.0 Å². The molecule has 1 aromatic rings. The number of carbonyl (C=O) groups is 1. The summed E-state index contributed by atoms with van der Waals surface area (Å²) in [6.07, 6.45) is 0. The Bertz CT molecular complexity index is 635. The zero-order chi connectivity index (χ0) is 18.9. The molecule has 0 radical (unpaired) electrons. The van der Waals surface area contributed by atoms with Crippen molar-refractivity contribution in [3.8, 4) is 0 Å². The van der Waals surface area contributed by atoms with Crippen molar-refractivity contribution >= 4 is 19.9 Å². The highest BCUT2D eigenvalue weighted by Crippen LogP contribution is 2.38. The van der Waals surface area contributed by atoms with E-state index in [4.69, 9.17) is 9.16 Å². The van der Waals surface area contributed by atoms with Gasteiger partial charge in [-0.05, 0) is 57.1 Å². The lowest BCUT2D eigenvalue weighted by atomic mass is 9.85. The van der Waals surface area contributed by atoms with Crippen molar-refractivity contribution in [2.75, 3.05) is 7.11 Å². The van der Waals surface area contributed by atoms with Crippen LogP contribution in [0.3, 0.4) is 0 Å². The molecule has 1 aromatic carbocycles. The lowest BCUT2D eigenvalue weighted by Crippen LogP contribution is -2.31. The van der Waals surface area contributed by atoms with Crippen LogP contribution in [0.4, 0.5) is 0 Å². The normalized spacial score (nSPS) is 13.4. The number of allylic oxidation sites excluding steroid dienone is 1. The Morgan fingerprint density at radius 3 is 1.79 bits per heavy atom. The van der Waals surface area contributed by atoms with Crippen LogP contribution in [0.2, 0.25) is 19.6 Å². The predicted octanol–water partition coefficient (Wildman–Crippen LogP) is 5.39. The average molecular weight is 349 g/mol. The number of methoxy groups -OCH3 is 1. The second-order valence-electron chi connectivity index (χ2n) is 8.43. The van der Waals surface area contributed by atoms with Gasteiger partial charge in [-0.2, -0.15) is 0 Å². The molecule has 0 saturated heterocycles. The van der Waals surface area contributed by atoms with Crippen LogP contribution in [-0.2, 0) is 14.0 Å². The van der Waals surface area contributed by atoms with E-state index < -0.39 is 8.32 Å². The average Bonchev–Trinajstić information content (AvgIpc) is 2.37. The van der Waals surface area contributed by atoms with Gasteiger partial charge in [-0.25, -0.2) is 4.79 Å². The molecular formula is C20H32O3Si. The van der Waals surface area contributed by atoms with Gasteiger partial charge in [0, 0.05) is 5.41 Å². The van der Waals surface area contributed by atoms with Crippen LogP contribution in [0.25, 0.3) is 5.57 Å². The van der Waals surface area contributed by atoms with Crippen molar-refractivity contribution in [2.24, 2.45) is 5.41 Å². The van der Waals surface area contributed by atoms with Gasteiger partial charge in [-0.15, -0.1) is 0 Å². The summed E-state index contributed by atoms with van der Waals surface area (Å²) in [4.78, 5) is 12.7. The fraction of sp³-hybridized carbons (Fsp3) is 0.550. The van der Waals surface area contributed by atoms with E-state index in [2.05, 4.69) is 59.5 Å². The quantitative estimate of drug-likeness (QED) is 0.316. The molecule has 0 spiro atoms. The molecule has 1 rings (SSSR count). The van der Waals surface area contributed by atoms with E-state index in [9.17, 15) is 4.79 Å². The number of esters is 1. The van der Waals surface area contributed by atoms with Gasteiger partial charge in [0.15, 0.2) is 0 Å². The maximum absolute atomic E-state index is 12.7. The Morgan fingerprint density at radius 2 is 1.46 bits per heavy atom. The largest absolute Gasteiger partial charge is 0.546 e. The molecule has 3 nitrogen and oxygen atoms in total. The first kappa shape index (κ1) is 20.5. The molecule has 0 aliphatic heterocycles. The highest BCUT2D eigenvalue weighted by atomic mass is 28.4. The van der Waals surface area contributed by atoms with Gasteiger partial charge in [-0.3, -0.25) is 0 Å². The zero-order valence-electron chi connectivity index (χ0n) is 16.9. The lowest BCUT2D eigenvalue weighted by molar-refractivity contribution is -0.133. The molecule has 0 aromatic heterocycles. The van der Waals surface area contributed by atoms with Gasteiger partial charge < -0.3 is 9.16 Å². The molecule has 0 atom stereocenters. The first-order chi connectivity index (χ1) is 10.8. The molecule has 0 bridgehead atoms. The first-order valence-corrected chi connectivity index (χ1v) is 11.8. The fourth-order valence-electron chi connectivity index (χ4n) is 2.87. The van der Waals surface area contributed by atoms with Gasteiger partial charge in [0.05, 0.1) is 12.9 Å². The number of benzene rings is 1. The van der Waals surface area contributed by atoms with E-state index in [1.165, 1.54) is 12.7 Å². The van der Waals surface area contributed by atoms with Crippen LogP contribution in [0, 0.1) is 26.2 Å². The number of rotatable bonds is 4. The van der Waals surface area contributed by atoms with E-state index >= 15 is 0 Å². The number of ether oxygens (including phenoxy) is 1. The van der Waals surface area contributed by atoms with Crippen molar-refractivity contribution in [3.63, 3.8) is 0 Å². The van der Waals surface area contributed by atoms with Crippen LogP contribution in [0.15, 0.2) is 17.9 Å². The van der Waals surface area contributed by atoms with Crippen molar-refractivity contribution in [1.29, 1.82) is 0 Å². The van der Waals surface area contributed by atoms with Gasteiger partial charge in [0.1, 0.15) is 5.57 Å².